The molecule has 7 aromatic rings. The van der Waals surface area contributed by atoms with Gasteiger partial charge in [0.05, 0.1) is 28.8 Å². The van der Waals surface area contributed by atoms with Crippen LogP contribution in [0.5, 0.6) is 0 Å². The first-order valence-electron chi connectivity index (χ1n) is 16.4. The molecule has 1 aliphatic heterocycles. The summed E-state index contributed by atoms with van der Waals surface area (Å²) in [6.45, 7) is 0. The summed E-state index contributed by atoms with van der Waals surface area (Å²) in [7, 11) is 0. The number of nitrogens with one attached hydrogen (secondary N) is 1. The maximum absolute atomic E-state index is 8.60. The first kappa shape index (κ1) is 26.3. The van der Waals surface area contributed by atoms with Crippen LogP contribution in [0.3, 0.4) is 0 Å². The zero-order chi connectivity index (χ0) is 31.1. The molecule has 1 aromatic heterocycles. The summed E-state index contributed by atoms with van der Waals surface area (Å²) >= 11 is 0. The smallest absolute Gasteiger partial charge is 0.0908 e. The summed E-state index contributed by atoms with van der Waals surface area (Å²) < 4.78 is 2.05. The molecule has 3 heteroatoms. The van der Waals surface area contributed by atoms with E-state index in [1.54, 1.807) is 0 Å². The number of fused-ring (bicyclic) bond motifs is 9. The van der Waals surface area contributed by atoms with E-state index < -0.39 is 5.41 Å². The van der Waals surface area contributed by atoms with Crippen LogP contribution in [0.25, 0.3) is 32.9 Å². The fourth-order valence-corrected chi connectivity index (χ4v) is 8.86. The second-order valence-electron chi connectivity index (χ2n) is 12.9. The van der Waals surface area contributed by atoms with Gasteiger partial charge in [0.2, 0.25) is 0 Å². The molecule has 1 N–H and O–H groups in total. The number of anilines is 2. The molecule has 2 heterocycles. The third-order valence-electron chi connectivity index (χ3n) is 10.7. The molecule has 2 unspecified atom stereocenters. The number of allylic oxidation sites excluding steroid dienone is 2. The van der Waals surface area contributed by atoms with Gasteiger partial charge in [-0.05, 0) is 69.3 Å². The normalized spacial score (nSPS) is 18.3. The molecule has 0 saturated carbocycles. The molecule has 10 rings (SSSR count). The highest BCUT2D eigenvalue weighted by atomic mass is 15.2. The van der Waals surface area contributed by atoms with Crippen LogP contribution in [-0.2, 0) is 5.41 Å². The van der Waals surface area contributed by atoms with E-state index in [-0.39, 0.29) is 6.04 Å². The Hall–Kier alpha value is -5.93. The van der Waals surface area contributed by atoms with E-state index in [1.807, 2.05) is 4.57 Å². The van der Waals surface area contributed by atoms with Crippen LogP contribution in [-0.4, -0.2) is 16.9 Å². The molecule has 3 nitrogen and oxygen atoms in total. The minimum atomic E-state index is -0.480. The summed E-state index contributed by atoms with van der Waals surface area (Å²) in [4.78, 5) is 2.48. The average Bonchev–Trinajstić information content (AvgIpc) is 3.75. The second kappa shape index (κ2) is 9.78. The summed E-state index contributed by atoms with van der Waals surface area (Å²) in [6.07, 6.45) is 10.5. The van der Waals surface area contributed by atoms with Crippen LogP contribution in [0.2, 0.25) is 0 Å². The van der Waals surface area contributed by atoms with Gasteiger partial charge in [-0.3, -0.25) is 5.41 Å². The van der Waals surface area contributed by atoms with Crippen molar-refractivity contribution in [3.05, 3.63) is 192 Å². The van der Waals surface area contributed by atoms with Gasteiger partial charge >= 0.3 is 0 Å². The van der Waals surface area contributed by atoms with E-state index in [1.165, 1.54) is 56.7 Å². The highest BCUT2D eigenvalue weighted by Gasteiger charge is 2.46. The number of nitrogens with zero attached hydrogens (tertiary/aromatic N) is 2. The van der Waals surface area contributed by atoms with Crippen molar-refractivity contribution in [2.24, 2.45) is 0 Å². The Morgan fingerprint density at radius 1 is 0.574 bits per heavy atom. The van der Waals surface area contributed by atoms with E-state index in [4.69, 9.17) is 5.41 Å². The summed E-state index contributed by atoms with van der Waals surface area (Å²) in [5.41, 5.74) is 13.0. The molecule has 222 valence electrons. The SMILES string of the molecule is N=Cn1c2ccc(N3c4ccccc4C4C=CC=CC43)cc2c2ccc(C3(c4ccccc4)c4ccccc4-c4ccccc43)cc21. The van der Waals surface area contributed by atoms with Gasteiger partial charge in [-0.2, -0.15) is 0 Å². The monoisotopic (exact) mass is 601 g/mol. The van der Waals surface area contributed by atoms with Crippen molar-refractivity contribution in [3.8, 4) is 11.1 Å². The Morgan fingerprint density at radius 3 is 2.06 bits per heavy atom. The summed E-state index contributed by atoms with van der Waals surface area (Å²) in [6, 6.07) is 51.3. The molecule has 3 aliphatic rings. The fraction of sp³-hybridized carbons (Fsp3) is 0.0682. The Labute approximate surface area is 273 Å². The third kappa shape index (κ3) is 3.43. The van der Waals surface area contributed by atoms with Gasteiger partial charge in [0.15, 0.2) is 0 Å². The van der Waals surface area contributed by atoms with E-state index in [2.05, 4.69) is 169 Å². The molecule has 0 spiro atoms. The second-order valence-corrected chi connectivity index (χ2v) is 12.9. The third-order valence-corrected chi connectivity index (χ3v) is 10.7. The van der Waals surface area contributed by atoms with Crippen molar-refractivity contribution in [1.82, 2.24) is 4.57 Å². The molecule has 2 aliphatic carbocycles. The van der Waals surface area contributed by atoms with Crippen LogP contribution < -0.4 is 4.90 Å². The Bertz CT molecular complexity index is 2420. The zero-order valence-electron chi connectivity index (χ0n) is 25.7. The maximum atomic E-state index is 8.60. The van der Waals surface area contributed by atoms with Crippen LogP contribution in [0.4, 0.5) is 11.4 Å². The van der Waals surface area contributed by atoms with Gasteiger partial charge in [0.1, 0.15) is 0 Å². The topological polar surface area (TPSA) is 32.0 Å². The van der Waals surface area contributed by atoms with Crippen molar-refractivity contribution in [1.29, 1.82) is 5.41 Å². The number of hydrogen-bond donors (Lipinski definition) is 1. The van der Waals surface area contributed by atoms with E-state index in [0.29, 0.717) is 5.92 Å². The molecular formula is C44H31N3. The molecule has 0 fully saturated rings. The standard InChI is InChI=1S/C44H31N3/c45-28-46-40-25-23-31(47-41-20-10-6-16-34(41)35-17-7-11-21-42(35)47)27-37(40)36-24-22-30(26-43(36)46)44(29-12-2-1-3-13-29)38-18-8-4-14-32(38)33-15-5-9-19-39(33)44/h1-28,34,41,45H. The predicted molar refractivity (Wildman–Crippen MR) is 194 cm³/mol. The average molecular weight is 602 g/mol. The quantitative estimate of drug-likeness (QED) is 0.158. The highest BCUT2D eigenvalue weighted by Crippen LogP contribution is 2.56. The number of para-hydroxylation sites is 1. The zero-order valence-corrected chi connectivity index (χ0v) is 25.7. The van der Waals surface area contributed by atoms with Gasteiger partial charge in [-0.25, -0.2) is 0 Å². The lowest BCUT2D eigenvalue weighted by Gasteiger charge is -2.34. The molecule has 2 atom stereocenters. The van der Waals surface area contributed by atoms with Gasteiger partial charge < -0.3 is 9.47 Å². The molecule has 0 amide bonds. The minimum absolute atomic E-state index is 0.241. The Kier molecular flexibility index (Phi) is 5.48. The molecule has 0 bridgehead atoms. The molecule has 6 aromatic carbocycles. The Balaban J connectivity index is 1.22. The Morgan fingerprint density at radius 2 is 1.28 bits per heavy atom. The lowest BCUT2D eigenvalue weighted by Crippen LogP contribution is -2.28. The minimum Gasteiger partial charge on any atom is -0.333 e. The van der Waals surface area contributed by atoms with Crippen LogP contribution in [0.15, 0.2) is 164 Å². The molecule has 0 radical (unpaired) electrons. The summed E-state index contributed by atoms with van der Waals surface area (Å²) in [5, 5.41) is 10.9. The molecule has 0 saturated heterocycles. The molecular weight excluding hydrogens is 571 g/mol. The number of benzene rings is 6. The largest absolute Gasteiger partial charge is 0.333 e. The summed E-state index contributed by atoms with van der Waals surface area (Å²) in [5.74, 6) is 0.337. The van der Waals surface area contributed by atoms with Crippen LogP contribution >= 0.6 is 0 Å². The van der Waals surface area contributed by atoms with Gasteiger partial charge in [-0.15, -0.1) is 0 Å². The molecule has 47 heavy (non-hydrogen) atoms. The van der Waals surface area contributed by atoms with E-state index in [0.717, 1.165) is 21.8 Å². The van der Waals surface area contributed by atoms with E-state index in [9.17, 15) is 0 Å². The van der Waals surface area contributed by atoms with Crippen molar-refractivity contribution in [3.63, 3.8) is 0 Å². The van der Waals surface area contributed by atoms with Crippen LogP contribution in [0.1, 0.15) is 33.7 Å². The first-order chi connectivity index (χ1) is 23.3. The number of hydrogen-bond acceptors (Lipinski definition) is 2. The van der Waals surface area contributed by atoms with Crippen LogP contribution in [0, 0.1) is 5.41 Å². The van der Waals surface area contributed by atoms with Gasteiger partial charge in [0, 0.05) is 28.1 Å². The first-order valence-corrected chi connectivity index (χ1v) is 16.4. The lowest BCUT2D eigenvalue weighted by molar-refractivity contribution is 0.745. The van der Waals surface area contributed by atoms with Gasteiger partial charge in [0.25, 0.3) is 0 Å². The predicted octanol–water partition coefficient (Wildman–Crippen LogP) is 10.3. The number of aromatic nitrogens is 1. The maximum Gasteiger partial charge on any atom is 0.0908 e. The van der Waals surface area contributed by atoms with Crippen molar-refractivity contribution in [2.45, 2.75) is 17.4 Å². The van der Waals surface area contributed by atoms with Gasteiger partial charge in [-0.1, -0.05) is 133 Å². The van der Waals surface area contributed by atoms with Crippen molar-refractivity contribution < 1.29 is 0 Å². The van der Waals surface area contributed by atoms with E-state index >= 15 is 0 Å². The van der Waals surface area contributed by atoms with Crippen molar-refractivity contribution >= 4 is 39.5 Å². The van der Waals surface area contributed by atoms with Crippen molar-refractivity contribution in [2.75, 3.05) is 4.90 Å². The highest BCUT2D eigenvalue weighted by molar-refractivity contribution is 6.12. The lowest BCUT2D eigenvalue weighted by atomic mass is 9.67. The fourth-order valence-electron chi connectivity index (χ4n) is 8.86. The number of rotatable bonds is 4.